The smallest absolute Gasteiger partial charge is 0.165 e. The number of fused-ring (bicyclic) bond motifs is 5. The van der Waals surface area contributed by atoms with Crippen molar-refractivity contribution in [2.75, 3.05) is 44.6 Å². The summed E-state index contributed by atoms with van der Waals surface area (Å²) in [5.74, 6) is 1.78. The van der Waals surface area contributed by atoms with Gasteiger partial charge >= 0.3 is 0 Å². The van der Waals surface area contributed by atoms with Gasteiger partial charge in [0.05, 0.1) is 12.2 Å². The Balaban J connectivity index is 1.59. The number of aromatic nitrogens is 3. The van der Waals surface area contributed by atoms with Gasteiger partial charge in [-0.15, -0.1) is 0 Å². The number of hydrogen-bond donors (Lipinski definition) is 2. The van der Waals surface area contributed by atoms with Crippen LogP contribution in [0, 0.1) is 6.92 Å². The maximum absolute atomic E-state index is 6.19. The number of aryl methyl sites for hydroxylation is 1. The topological polar surface area (TPSA) is 66.7 Å². The maximum Gasteiger partial charge on any atom is 0.165 e. The lowest BCUT2D eigenvalue weighted by atomic mass is 10.0. The molecule has 2 aliphatic heterocycles. The third kappa shape index (κ3) is 3.13. The summed E-state index contributed by atoms with van der Waals surface area (Å²) in [5, 5.41) is 11.4. The molecule has 1 fully saturated rings. The summed E-state index contributed by atoms with van der Waals surface area (Å²) in [6.45, 7) is 7.63. The van der Waals surface area contributed by atoms with Crippen LogP contribution in [0.2, 0.25) is 0 Å². The Hall–Kier alpha value is -2.64. The standard InChI is InChI=1S/C20H24N6O/c1-14-2-3-16-10-17(14)18-12-23-26-7-4-19(24-20(18)26)22-6-9-25-8-5-21-11-15(25)13-27-16/h2-4,7,10,12,15,21H,5-6,8-9,11,13H2,1H3,(H,22,24)/t15-/m1/s1. The van der Waals surface area contributed by atoms with Crippen molar-refractivity contribution in [2.45, 2.75) is 13.0 Å². The van der Waals surface area contributed by atoms with Crippen LogP contribution < -0.4 is 15.4 Å². The van der Waals surface area contributed by atoms with Gasteiger partial charge in [-0.3, -0.25) is 4.90 Å². The first-order valence-corrected chi connectivity index (χ1v) is 9.55. The Morgan fingerprint density at radius 3 is 3.04 bits per heavy atom. The Morgan fingerprint density at radius 1 is 1.15 bits per heavy atom. The zero-order chi connectivity index (χ0) is 18.2. The van der Waals surface area contributed by atoms with Crippen molar-refractivity contribution >= 4 is 11.5 Å². The summed E-state index contributed by atoms with van der Waals surface area (Å²) in [6.07, 6.45) is 3.85. The lowest BCUT2D eigenvalue weighted by Gasteiger charge is -2.36. The average Bonchev–Trinajstić information content (AvgIpc) is 3.11. The van der Waals surface area contributed by atoms with Crippen LogP contribution in [-0.2, 0) is 0 Å². The molecule has 1 saturated heterocycles. The molecule has 0 spiro atoms. The molecule has 2 aromatic heterocycles. The first-order valence-electron chi connectivity index (χ1n) is 9.55. The van der Waals surface area contributed by atoms with Crippen LogP contribution in [0.3, 0.4) is 0 Å². The fourth-order valence-corrected chi connectivity index (χ4v) is 3.92. The fraction of sp³-hybridized carbons (Fsp3) is 0.400. The highest BCUT2D eigenvalue weighted by Gasteiger charge is 2.23. The number of ether oxygens (including phenoxy) is 1. The highest BCUT2D eigenvalue weighted by atomic mass is 16.5. The molecule has 0 aliphatic carbocycles. The molecule has 0 amide bonds. The molecular weight excluding hydrogens is 340 g/mol. The number of nitrogens with one attached hydrogen (secondary N) is 2. The van der Waals surface area contributed by atoms with Crippen molar-refractivity contribution in [1.82, 2.24) is 24.8 Å². The predicted molar refractivity (Wildman–Crippen MR) is 105 cm³/mol. The summed E-state index contributed by atoms with van der Waals surface area (Å²) in [4.78, 5) is 7.31. The van der Waals surface area contributed by atoms with E-state index >= 15 is 0 Å². The predicted octanol–water partition coefficient (Wildman–Crippen LogP) is 1.78. The number of nitrogens with zero attached hydrogens (tertiary/aromatic N) is 4. The van der Waals surface area contributed by atoms with Gasteiger partial charge in [-0.1, -0.05) is 6.07 Å². The molecule has 27 heavy (non-hydrogen) atoms. The molecular formula is C20H24N6O. The van der Waals surface area contributed by atoms with E-state index in [1.165, 1.54) is 5.56 Å². The maximum atomic E-state index is 6.19. The van der Waals surface area contributed by atoms with E-state index in [9.17, 15) is 0 Å². The molecule has 7 heteroatoms. The molecule has 0 radical (unpaired) electrons. The average molecular weight is 364 g/mol. The van der Waals surface area contributed by atoms with Crippen molar-refractivity contribution < 1.29 is 4.74 Å². The highest BCUT2D eigenvalue weighted by molar-refractivity contribution is 5.80. The van der Waals surface area contributed by atoms with Crippen LogP contribution >= 0.6 is 0 Å². The van der Waals surface area contributed by atoms with Crippen LogP contribution in [0.15, 0.2) is 36.7 Å². The molecule has 3 aromatic rings. The quantitative estimate of drug-likeness (QED) is 0.634. The highest BCUT2D eigenvalue weighted by Crippen LogP contribution is 2.30. The summed E-state index contributed by atoms with van der Waals surface area (Å²) in [5.41, 5.74) is 4.19. The summed E-state index contributed by atoms with van der Waals surface area (Å²) < 4.78 is 8.02. The number of hydrogen-bond acceptors (Lipinski definition) is 6. The largest absolute Gasteiger partial charge is 0.492 e. The molecule has 140 valence electrons. The van der Waals surface area contributed by atoms with Gasteiger partial charge in [-0.05, 0) is 36.2 Å². The monoisotopic (exact) mass is 364 g/mol. The van der Waals surface area contributed by atoms with E-state index < -0.39 is 0 Å². The zero-order valence-electron chi connectivity index (χ0n) is 15.5. The Morgan fingerprint density at radius 2 is 2.07 bits per heavy atom. The van der Waals surface area contributed by atoms with E-state index in [2.05, 4.69) is 45.8 Å². The van der Waals surface area contributed by atoms with Gasteiger partial charge in [-0.25, -0.2) is 9.50 Å². The number of benzene rings is 1. The van der Waals surface area contributed by atoms with E-state index in [0.29, 0.717) is 12.6 Å². The Bertz CT molecular complexity index is 968. The zero-order valence-corrected chi connectivity index (χ0v) is 15.5. The minimum absolute atomic E-state index is 0.371. The summed E-state index contributed by atoms with van der Waals surface area (Å²) >= 11 is 0. The van der Waals surface area contributed by atoms with Gasteiger partial charge in [0.15, 0.2) is 5.65 Å². The fourth-order valence-electron chi connectivity index (χ4n) is 3.92. The summed E-state index contributed by atoms with van der Waals surface area (Å²) in [7, 11) is 0. The molecule has 4 heterocycles. The van der Waals surface area contributed by atoms with Crippen LogP contribution in [0.1, 0.15) is 5.56 Å². The van der Waals surface area contributed by atoms with E-state index in [0.717, 1.165) is 61.1 Å². The number of rotatable bonds is 0. The Kier molecular flexibility index (Phi) is 4.18. The molecule has 1 aromatic carbocycles. The number of anilines is 1. The molecule has 5 rings (SSSR count). The van der Waals surface area contributed by atoms with Gasteiger partial charge in [0.1, 0.15) is 18.2 Å². The van der Waals surface area contributed by atoms with Crippen molar-refractivity contribution in [2.24, 2.45) is 0 Å². The second kappa shape index (κ2) is 6.83. The third-order valence-electron chi connectivity index (χ3n) is 5.49. The van der Waals surface area contributed by atoms with E-state index in [4.69, 9.17) is 9.72 Å². The van der Waals surface area contributed by atoms with E-state index in [1.54, 1.807) is 0 Å². The minimum Gasteiger partial charge on any atom is -0.492 e. The van der Waals surface area contributed by atoms with Gasteiger partial charge in [0.25, 0.3) is 0 Å². The second-order valence-electron chi connectivity index (χ2n) is 7.25. The van der Waals surface area contributed by atoms with Crippen LogP contribution in [0.25, 0.3) is 16.8 Å². The first kappa shape index (κ1) is 16.5. The Labute approximate surface area is 158 Å². The van der Waals surface area contributed by atoms with Crippen molar-refractivity contribution in [3.05, 3.63) is 42.2 Å². The number of piperazine rings is 1. The van der Waals surface area contributed by atoms with Crippen LogP contribution in [0.5, 0.6) is 5.75 Å². The van der Waals surface area contributed by atoms with Gasteiger partial charge < -0.3 is 15.4 Å². The van der Waals surface area contributed by atoms with Gasteiger partial charge in [0, 0.05) is 44.5 Å². The first-order chi connectivity index (χ1) is 13.3. The lowest BCUT2D eigenvalue weighted by molar-refractivity contribution is 0.115. The van der Waals surface area contributed by atoms with Gasteiger partial charge in [0.2, 0.25) is 0 Å². The van der Waals surface area contributed by atoms with E-state index in [-0.39, 0.29) is 0 Å². The van der Waals surface area contributed by atoms with Crippen molar-refractivity contribution in [3.63, 3.8) is 0 Å². The minimum atomic E-state index is 0.371. The van der Waals surface area contributed by atoms with Crippen LogP contribution in [-0.4, -0.2) is 64.9 Å². The molecule has 2 N–H and O–H groups in total. The summed E-state index contributed by atoms with van der Waals surface area (Å²) in [6, 6.07) is 8.63. The SMILES string of the molecule is Cc1ccc2cc1-c1cnn3ccc(nc13)NCCN1CCNC[C@@H]1CO2. The van der Waals surface area contributed by atoms with Gasteiger partial charge in [-0.2, -0.15) is 5.10 Å². The third-order valence-corrected chi connectivity index (χ3v) is 5.49. The molecule has 1 atom stereocenters. The van der Waals surface area contributed by atoms with E-state index in [1.807, 2.05) is 23.0 Å². The second-order valence-corrected chi connectivity index (χ2v) is 7.25. The normalized spacial score (nSPS) is 20.6. The molecule has 7 nitrogen and oxygen atoms in total. The van der Waals surface area contributed by atoms with Crippen molar-refractivity contribution in [3.8, 4) is 16.9 Å². The molecule has 0 unspecified atom stereocenters. The molecule has 4 bridgehead atoms. The lowest BCUT2D eigenvalue weighted by Crippen LogP contribution is -2.54. The van der Waals surface area contributed by atoms with Crippen LogP contribution in [0.4, 0.5) is 5.82 Å². The molecule has 0 saturated carbocycles. The van der Waals surface area contributed by atoms with Crippen molar-refractivity contribution in [1.29, 1.82) is 0 Å². The molecule has 2 aliphatic rings.